The molecule has 0 spiro atoms. The summed E-state index contributed by atoms with van der Waals surface area (Å²) in [5, 5.41) is 16.2. The van der Waals surface area contributed by atoms with Crippen LogP contribution in [0.4, 0.5) is 13.2 Å². The molecule has 3 heterocycles. The van der Waals surface area contributed by atoms with Crippen molar-refractivity contribution < 1.29 is 18.0 Å². The van der Waals surface area contributed by atoms with Crippen LogP contribution in [0, 0.1) is 35.8 Å². The van der Waals surface area contributed by atoms with Gasteiger partial charge < -0.3 is 10.2 Å². The second-order valence-electron chi connectivity index (χ2n) is 9.13. The lowest BCUT2D eigenvalue weighted by Gasteiger charge is -2.32. The molecule has 2 aromatic carbocycles. The van der Waals surface area contributed by atoms with Crippen molar-refractivity contribution in [1.29, 1.82) is 5.26 Å². The first-order valence-corrected chi connectivity index (χ1v) is 11.8. The number of imidazole rings is 1. The van der Waals surface area contributed by atoms with Crippen LogP contribution in [0.2, 0.25) is 0 Å². The van der Waals surface area contributed by atoms with Crippen molar-refractivity contribution in [3.05, 3.63) is 64.9 Å². The number of carbonyl (C=O) groups is 1. The third-order valence-corrected chi connectivity index (χ3v) is 6.84. The van der Waals surface area contributed by atoms with E-state index in [2.05, 4.69) is 15.4 Å². The molecule has 1 fully saturated rings. The van der Waals surface area contributed by atoms with Crippen molar-refractivity contribution in [2.24, 2.45) is 7.05 Å². The molecule has 4 aromatic rings. The average molecular weight is 508 g/mol. The minimum atomic E-state index is -0.757. The van der Waals surface area contributed by atoms with Gasteiger partial charge >= 0.3 is 0 Å². The van der Waals surface area contributed by atoms with Crippen LogP contribution in [0.25, 0.3) is 28.0 Å². The maximum Gasteiger partial charge on any atom is 0.274 e. The molecule has 2 aromatic heterocycles. The molecule has 1 aliphatic rings. The number of halogens is 3. The van der Waals surface area contributed by atoms with Gasteiger partial charge in [-0.1, -0.05) is 0 Å². The fraction of sp³-hybridized carbons (Fsp3) is 0.308. The summed E-state index contributed by atoms with van der Waals surface area (Å²) in [7, 11) is 3.22. The molecule has 37 heavy (non-hydrogen) atoms. The van der Waals surface area contributed by atoms with Gasteiger partial charge in [0.25, 0.3) is 5.91 Å². The largest absolute Gasteiger partial charge is 0.336 e. The van der Waals surface area contributed by atoms with Gasteiger partial charge in [0.2, 0.25) is 5.95 Å². The second-order valence-corrected chi connectivity index (χ2v) is 9.13. The number of hydrogen-bond acceptors (Lipinski definition) is 5. The van der Waals surface area contributed by atoms with Crippen molar-refractivity contribution in [2.45, 2.75) is 25.8 Å². The monoisotopic (exact) mass is 507 g/mol. The van der Waals surface area contributed by atoms with E-state index in [-0.39, 0.29) is 51.2 Å². The van der Waals surface area contributed by atoms with E-state index in [1.54, 1.807) is 17.9 Å². The summed E-state index contributed by atoms with van der Waals surface area (Å²) in [6, 6.07) is 8.49. The Morgan fingerprint density at radius 2 is 1.97 bits per heavy atom. The molecule has 0 aliphatic carbocycles. The molecular weight excluding hydrogens is 483 g/mol. The normalized spacial score (nSPS) is 15.8. The SMILES string of the molecule is CN[C@H]1CCCN(C(=O)c2nc(-c3ccc(C#N)c(F)c3)n(-c3cc(F)c4nn(C)c(F)c4c3)c2C)C1. The number of carbonyl (C=O) groups excluding carboxylic acids is 1. The summed E-state index contributed by atoms with van der Waals surface area (Å²) in [4.78, 5) is 19.9. The third kappa shape index (κ3) is 4.13. The van der Waals surface area contributed by atoms with E-state index in [0.29, 0.717) is 18.8 Å². The molecule has 1 atom stereocenters. The summed E-state index contributed by atoms with van der Waals surface area (Å²) in [6.07, 6.45) is 1.77. The lowest BCUT2D eigenvalue weighted by Crippen LogP contribution is -2.47. The Hall–Kier alpha value is -4.17. The zero-order valence-corrected chi connectivity index (χ0v) is 20.5. The number of hydrogen-bond donors (Lipinski definition) is 1. The van der Waals surface area contributed by atoms with E-state index in [1.807, 2.05) is 7.05 Å². The molecule has 0 bridgehead atoms. The van der Waals surface area contributed by atoms with Gasteiger partial charge in [-0.15, -0.1) is 0 Å². The molecule has 1 saturated heterocycles. The van der Waals surface area contributed by atoms with Gasteiger partial charge in [0, 0.05) is 37.8 Å². The summed E-state index contributed by atoms with van der Waals surface area (Å²) in [6.45, 7) is 2.72. The molecule has 11 heteroatoms. The minimum Gasteiger partial charge on any atom is -0.336 e. The maximum atomic E-state index is 15.0. The first-order valence-electron chi connectivity index (χ1n) is 11.8. The first-order chi connectivity index (χ1) is 17.7. The number of rotatable bonds is 4. The van der Waals surface area contributed by atoms with Crippen molar-refractivity contribution in [3.63, 3.8) is 0 Å². The van der Waals surface area contributed by atoms with Crippen LogP contribution in [-0.2, 0) is 7.05 Å². The number of amides is 1. The highest BCUT2D eigenvalue weighted by atomic mass is 19.1. The predicted molar refractivity (Wildman–Crippen MR) is 131 cm³/mol. The van der Waals surface area contributed by atoms with E-state index in [9.17, 15) is 13.6 Å². The highest BCUT2D eigenvalue weighted by Gasteiger charge is 2.29. The number of nitrogens with zero attached hydrogens (tertiary/aromatic N) is 6. The van der Waals surface area contributed by atoms with E-state index in [4.69, 9.17) is 5.26 Å². The molecule has 5 rings (SSSR count). The fourth-order valence-electron chi connectivity index (χ4n) is 4.85. The van der Waals surface area contributed by atoms with Crippen LogP contribution in [-0.4, -0.2) is 56.3 Å². The number of nitriles is 1. The summed E-state index contributed by atoms with van der Waals surface area (Å²) >= 11 is 0. The van der Waals surface area contributed by atoms with Gasteiger partial charge in [-0.25, -0.2) is 18.4 Å². The summed E-state index contributed by atoms with van der Waals surface area (Å²) < 4.78 is 46.8. The van der Waals surface area contributed by atoms with E-state index in [0.717, 1.165) is 23.6 Å². The second kappa shape index (κ2) is 9.37. The number of fused-ring (bicyclic) bond motifs is 1. The lowest BCUT2D eigenvalue weighted by atomic mass is 10.1. The maximum absolute atomic E-state index is 15.0. The van der Waals surface area contributed by atoms with Crippen LogP contribution >= 0.6 is 0 Å². The zero-order chi connectivity index (χ0) is 26.4. The summed E-state index contributed by atoms with van der Waals surface area (Å²) in [5.41, 5.74) is 0.717. The van der Waals surface area contributed by atoms with Crippen LogP contribution in [0.15, 0.2) is 30.3 Å². The Morgan fingerprint density at radius 1 is 1.19 bits per heavy atom. The number of benzene rings is 2. The van der Waals surface area contributed by atoms with Gasteiger partial charge in [0.15, 0.2) is 5.82 Å². The number of likely N-dealkylation sites (tertiary alicyclic amines) is 1. The standard InChI is InChI=1S/C26H24F3N7O/c1-14-22(26(37)35-8-4-5-17(13-35)31-2)32-25(15-6-7-16(12-30)20(27)9-15)36(14)18-10-19-23(21(28)11-18)33-34(3)24(19)29/h6-7,9-11,17,31H,4-5,8,13H2,1-3H3/t17-/m0/s1. The van der Waals surface area contributed by atoms with E-state index >= 15 is 4.39 Å². The Morgan fingerprint density at radius 3 is 2.68 bits per heavy atom. The molecular formula is C26H24F3N7O. The summed E-state index contributed by atoms with van der Waals surface area (Å²) in [5.74, 6) is -2.37. The molecule has 0 saturated carbocycles. The molecule has 8 nitrogen and oxygen atoms in total. The van der Waals surface area contributed by atoms with Gasteiger partial charge in [-0.3, -0.25) is 9.36 Å². The molecule has 0 radical (unpaired) electrons. The van der Waals surface area contributed by atoms with Crippen LogP contribution in [0.5, 0.6) is 0 Å². The number of aryl methyl sites for hydroxylation is 1. The average Bonchev–Trinajstić information content (AvgIpc) is 3.39. The number of nitrogens with one attached hydrogen (secondary N) is 1. The number of likely N-dealkylation sites (N-methyl/N-ethyl adjacent to an activating group) is 1. The minimum absolute atomic E-state index is 0.0386. The van der Waals surface area contributed by atoms with Crippen LogP contribution in [0.3, 0.4) is 0 Å². The topological polar surface area (TPSA) is 91.8 Å². The highest BCUT2D eigenvalue weighted by Crippen LogP contribution is 2.32. The molecule has 0 unspecified atom stereocenters. The van der Waals surface area contributed by atoms with Crippen LogP contribution in [0.1, 0.15) is 34.6 Å². The first kappa shape index (κ1) is 24.5. The van der Waals surface area contributed by atoms with Crippen molar-refractivity contribution in [3.8, 4) is 23.1 Å². The van der Waals surface area contributed by atoms with Gasteiger partial charge in [-0.2, -0.15) is 14.8 Å². The predicted octanol–water partition coefficient (Wildman–Crippen LogP) is 3.85. The van der Waals surface area contributed by atoms with E-state index in [1.165, 1.54) is 35.9 Å². The van der Waals surface area contributed by atoms with Gasteiger partial charge in [-0.05, 0) is 51.1 Å². The molecule has 1 N–H and O–H groups in total. The van der Waals surface area contributed by atoms with Crippen molar-refractivity contribution in [2.75, 3.05) is 20.1 Å². The van der Waals surface area contributed by atoms with Gasteiger partial charge in [0.1, 0.15) is 28.9 Å². The molecule has 1 amide bonds. The van der Waals surface area contributed by atoms with Gasteiger partial charge in [0.05, 0.1) is 22.3 Å². The fourth-order valence-corrected chi connectivity index (χ4v) is 4.85. The molecule has 190 valence electrons. The Labute approximate surface area is 210 Å². The smallest absolute Gasteiger partial charge is 0.274 e. The Balaban J connectivity index is 1.71. The van der Waals surface area contributed by atoms with Crippen LogP contribution < -0.4 is 5.32 Å². The van der Waals surface area contributed by atoms with E-state index < -0.39 is 17.6 Å². The van der Waals surface area contributed by atoms with Crippen molar-refractivity contribution in [1.82, 2.24) is 29.5 Å². The zero-order valence-electron chi connectivity index (χ0n) is 20.5. The van der Waals surface area contributed by atoms with Crippen molar-refractivity contribution >= 4 is 16.8 Å². The number of piperidine rings is 1. The highest BCUT2D eigenvalue weighted by molar-refractivity contribution is 5.95. The Bertz CT molecular complexity index is 1580. The lowest BCUT2D eigenvalue weighted by molar-refractivity contribution is 0.0692. The number of aromatic nitrogens is 4. The Kier molecular flexibility index (Phi) is 6.21. The quantitative estimate of drug-likeness (QED) is 0.453. The third-order valence-electron chi connectivity index (χ3n) is 6.84. The molecule has 1 aliphatic heterocycles.